The minimum Gasteiger partial charge on any atom is -0.389 e. The van der Waals surface area contributed by atoms with Crippen LogP contribution >= 0.6 is 0 Å². The monoisotopic (exact) mass is 222 g/mol. The lowest BCUT2D eigenvalue weighted by molar-refractivity contribution is 0.199. The van der Waals surface area contributed by atoms with E-state index in [2.05, 4.69) is 30.7 Å². The van der Waals surface area contributed by atoms with Crippen molar-refractivity contribution in [1.82, 2.24) is 4.98 Å². The van der Waals surface area contributed by atoms with E-state index in [4.69, 9.17) is 0 Å². The highest BCUT2D eigenvalue weighted by Crippen LogP contribution is 2.24. The van der Waals surface area contributed by atoms with Gasteiger partial charge in [-0.3, -0.25) is 0 Å². The molecule has 16 heavy (non-hydrogen) atoms. The van der Waals surface area contributed by atoms with Gasteiger partial charge in [-0.05, 0) is 25.8 Å². The molecule has 1 heterocycles. The van der Waals surface area contributed by atoms with Gasteiger partial charge in [-0.1, -0.05) is 19.9 Å². The molecule has 0 unspecified atom stereocenters. The first-order chi connectivity index (χ1) is 7.56. The Bertz CT molecular complexity index is 323. The van der Waals surface area contributed by atoms with Crippen molar-refractivity contribution in [2.45, 2.75) is 33.8 Å². The minimum atomic E-state index is -0.468. The standard InChI is InChI=1S/C13H22N2O/c1-5-15(9-10(2)3)13-12(11(4)16)7-6-8-14-13/h6-8,10-11,16H,5,9H2,1-4H3/t11-/m0/s1. The zero-order valence-electron chi connectivity index (χ0n) is 10.6. The molecular formula is C13H22N2O. The number of aliphatic hydroxyl groups excluding tert-OH is 1. The second-order valence-corrected chi connectivity index (χ2v) is 4.52. The van der Waals surface area contributed by atoms with Gasteiger partial charge < -0.3 is 10.0 Å². The van der Waals surface area contributed by atoms with E-state index in [1.807, 2.05) is 12.1 Å². The number of anilines is 1. The molecule has 1 atom stereocenters. The number of hydrogen-bond donors (Lipinski definition) is 1. The maximum atomic E-state index is 9.72. The second kappa shape index (κ2) is 5.85. The van der Waals surface area contributed by atoms with Gasteiger partial charge in [0, 0.05) is 24.8 Å². The summed E-state index contributed by atoms with van der Waals surface area (Å²) in [6.07, 6.45) is 1.31. The molecule has 0 aromatic carbocycles. The molecule has 0 radical (unpaired) electrons. The summed E-state index contributed by atoms with van der Waals surface area (Å²) in [6, 6.07) is 3.81. The summed E-state index contributed by atoms with van der Waals surface area (Å²) < 4.78 is 0. The van der Waals surface area contributed by atoms with Crippen molar-refractivity contribution in [3.63, 3.8) is 0 Å². The van der Waals surface area contributed by atoms with Crippen LogP contribution in [-0.4, -0.2) is 23.2 Å². The average Bonchev–Trinajstić information content (AvgIpc) is 2.25. The molecule has 1 rings (SSSR count). The van der Waals surface area contributed by atoms with E-state index in [1.54, 1.807) is 13.1 Å². The van der Waals surface area contributed by atoms with Crippen molar-refractivity contribution in [3.8, 4) is 0 Å². The zero-order chi connectivity index (χ0) is 12.1. The first kappa shape index (κ1) is 13.0. The predicted octanol–water partition coefficient (Wildman–Crippen LogP) is 2.62. The zero-order valence-corrected chi connectivity index (χ0v) is 10.6. The number of aliphatic hydroxyl groups is 1. The molecule has 0 aliphatic rings. The van der Waals surface area contributed by atoms with Crippen LogP contribution in [0.3, 0.4) is 0 Å². The van der Waals surface area contributed by atoms with Gasteiger partial charge in [0.25, 0.3) is 0 Å². The number of pyridine rings is 1. The van der Waals surface area contributed by atoms with Gasteiger partial charge in [-0.25, -0.2) is 4.98 Å². The van der Waals surface area contributed by atoms with Gasteiger partial charge in [0.05, 0.1) is 6.10 Å². The molecular weight excluding hydrogens is 200 g/mol. The highest BCUT2D eigenvalue weighted by atomic mass is 16.3. The van der Waals surface area contributed by atoms with Crippen molar-refractivity contribution in [2.24, 2.45) is 5.92 Å². The lowest BCUT2D eigenvalue weighted by Crippen LogP contribution is -2.29. The SMILES string of the molecule is CCN(CC(C)C)c1ncccc1[C@H](C)O. The van der Waals surface area contributed by atoms with Crippen LogP contribution in [0, 0.1) is 5.92 Å². The minimum absolute atomic E-state index is 0.468. The summed E-state index contributed by atoms with van der Waals surface area (Å²) in [5, 5.41) is 9.72. The average molecular weight is 222 g/mol. The third-order valence-electron chi connectivity index (χ3n) is 2.53. The third kappa shape index (κ3) is 3.20. The van der Waals surface area contributed by atoms with Crippen LogP contribution < -0.4 is 4.90 Å². The van der Waals surface area contributed by atoms with Gasteiger partial charge in [0.15, 0.2) is 0 Å². The van der Waals surface area contributed by atoms with Gasteiger partial charge in [-0.2, -0.15) is 0 Å². The maximum absolute atomic E-state index is 9.72. The van der Waals surface area contributed by atoms with Crippen LogP contribution in [0.4, 0.5) is 5.82 Å². The summed E-state index contributed by atoms with van der Waals surface area (Å²) >= 11 is 0. The molecule has 1 N–H and O–H groups in total. The van der Waals surface area contributed by atoms with Crippen LogP contribution in [-0.2, 0) is 0 Å². The number of rotatable bonds is 5. The highest BCUT2D eigenvalue weighted by molar-refractivity contribution is 5.47. The quantitative estimate of drug-likeness (QED) is 0.832. The van der Waals surface area contributed by atoms with E-state index in [0.29, 0.717) is 5.92 Å². The van der Waals surface area contributed by atoms with Gasteiger partial charge in [0.1, 0.15) is 5.82 Å². The largest absolute Gasteiger partial charge is 0.389 e. The molecule has 0 bridgehead atoms. The van der Waals surface area contributed by atoms with Gasteiger partial charge >= 0.3 is 0 Å². The predicted molar refractivity (Wildman–Crippen MR) is 67.6 cm³/mol. The first-order valence-electron chi connectivity index (χ1n) is 5.94. The molecule has 0 saturated carbocycles. The first-order valence-corrected chi connectivity index (χ1v) is 5.94. The van der Waals surface area contributed by atoms with Crippen molar-refractivity contribution >= 4 is 5.82 Å². The van der Waals surface area contributed by atoms with E-state index in [-0.39, 0.29) is 0 Å². The lowest BCUT2D eigenvalue weighted by Gasteiger charge is -2.26. The van der Waals surface area contributed by atoms with E-state index in [1.165, 1.54) is 0 Å². The van der Waals surface area contributed by atoms with E-state index in [0.717, 1.165) is 24.5 Å². The number of hydrogen-bond acceptors (Lipinski definition) is 3. The van der Waals surface area contributed by atoms with Crippen LogP contribution in [0.1, 0.15) is 39.4 Å². The Hall–Kier alpha value is -1.09. The second-order valence-electron chi connectivity index (χ2n) is 4.52. The Morgan fingerprint density at radius 3 is 2.56 bits per heavy atom. The van der Waals surface area contributed by atoms with Crippen LogP contribution in [0.5, 0.6) is 0 Å². The van der Waals surface area contributed by atoms with Crippen molar-refractivity contribution < 1.29 is 5.11 Å². The molecule has 1 aromatic heterocycles. The molecule has 1 aromatic rings. The molecule has 0 aliphatic heterocycles. The van der Waals surface area contributed by atoms with E-state index >= 15 is 0 Å². The van der Waals surface area contributed by atoms with Crippen LogP contribution in [0.15, 0.2) is 18.3 Å². The smallest absolute Gasteiger partial charge is 0.134 e. The van der Waals surface area contributed by atoms with Crippen LogP contribution in [0.25, 0.3) is 0 Å². The molecule has 3 nitrogen and oxygen atoms in total. The summed E-state index contributed by atoms with van der Waals surface area (Å²) in [5.41, 5.74) is 0.907. The molecule has 0 saturated heterocycles. The molecule has 0 amide bonds. The molecule has 3 heteroatoms. The fraction of sp³-hybridized carbons (Fsp3) is 0.615. The van der Waals surface area contributed by atoms with Gasteiger partial charge in [0.2, 0.25) is 0 Å². The Morgan fingerprint density at radius 2 is 2.06 bits per heavy atom. The summed E-state index contributed by atoms with van der Waals surface area (Å²) in [5.74, 6) is 1.50. The van der Waals surface area contributed by atoms with Crippen LogP contribution in [0.2, 0.25) is 0 Å². The molecule has 90 valence electrons. The maximum Gasteiger partial charge on any atom is 0.134 e. The van der Waals surface area contributed by atoms with Gasteiger partial charge in [-0.15, -0.1) is 0 Å². The summed E-state index contributed by atoms with van der Waals surface area (Å²) in [6.45, 7) is 10.1. The topological polar surface area (TPSA) is 36.4 Å². The van der Waals surface area contributed by atoms with Crippen molar-refractivity contribution in [1.29, 1.82) is 0 Å². The molecule has 0 spiro atoms. The Kier molecular flexibility index (Phi) is 4.74. The van der Waals surface area contributed by atoms with Crippen molar-refractivity contribution in [3.05, 3.63) is 23.9 Å². The Balaban J connectivity index is 2.99. The fourth-order valence-electron chi connectivity index (χ4n) is 1.81. The highest BCUT2D eigenvalue weighted by Gasteiger charge is 2.14. The number of nitrogens with zero attached hydrogens (tertiary/aromatic N) is 2. The van der Waals surface area contributed by atoms with E-state index < -0.39 is 6.10 Å². The third-order valence-corrected chi connectivity index (χ3v) is 2.53. The number of aromatic nitrogens is 1. The fourth-order valence-corrected chi connectivity index (χ4v) is 1.81. The Labute approximate surface area is 98.1 Å². The lowest BCUT2D eigenvalue weighted by atomic mass is 10.1. The summed E-state index contributed by atoms with van der Waals surface area (Å²) in [4.78, 5) is 6.61. The Morgan fingerprint density at radius 1 is 1.38 bits per heavy atom. The van der Waals surface area contributed by atoms with Crippen molar-refractivity contribution in [2.75, 3.05) is 18.0 Å². The normalized spacial score (nSPS) is 12.9. The van der Waals surface area contributed by atoms with E-state index in [9.17, 15) is 5.11 Å². The summed E-state index contributed by atoms with van der Waals surface area (Å²) in [7, 11) is 0. The molecule has 0 fully saturated rings. The molecule has 0 aliphatic carbocycles.